The summed E-state index contributed by atoms with van der Waals surface area (Å²) in [5.74, 6) is 0. The fraction of sp³-hybridized carbons (Fsp3) is 0.520. The van der Waals surface area contributed by atoms with Crippen LogP contribution in [0.2, 0.25) is 0 Å². The van der Waals surface area contributed by atoms with Gasteiger partial charge in [-0.15, -0.1) is 68.0 Å². The molecule has 6 rings (SSSR count). The van der Waals surface area contributed by atoms with Crippen molar-refractivity contribution >= 4 is 68.0 Å². The van der Waals surface area contributed by atoms with E-state index in [1.807, 2.05) is 45.3 Å². The van der Waals surface area contributed by atoms with Crippen molar-refractivity contribution in [2.24, 2.45) is 0 Å². The first-order valence-electron chi connectivity index (χ1n) is 22.1. The highest BCUT2D eigenvalue weighted by Crippen LogP contribution is 2.49. The van der Waals surface area contributed by atoms with Gasteiger partial charge >= 0.3 is 0 Å². The van der Waals surface area contributed by atoms with E-state index in [4.69, 9.17) is 0 Å². The number of rotatable bonds is 25. The Bertz CT molecular complexity index is 1900. The van der Waals surface area contributed by atoms with Crippen LogP contribution in [0.4, 0.5) is 0 Å². The largest absolute Gasteiger partial charge is 0.139 e. The highest BCUT2D eigenvalue weighted by molar-refractivity contribution is 7.30. The molecule has 0 N–H and O–H groups in total. The summed E-state index contributed by atoms with van der Waals surface area (Å²) in [4.78, 5) is 17.7. The highest BCUT2D eigenvalue weighted by atomic mass is 32.1. The molecule has 6 heteroatoms. The highest BCUT2D eigenvalue weighted by Gasteiger charge is 2.21. The van der Waals surface area contributed by atoms with Crippen molar-refractivity contribution in [3.8, 4) is 48.8 Å². The summed E-state index contributed by atoms with van der Waals surface area (Å²) >= 11 is 12.2. The van der Waals surface area contributed by atoms with Gasteiger partial charge in [0, 0.05) is 58.5 Å². The molecule has 6 aromatic rings. The quantitative estimate of drug-likeness (QED) is 0.0503. The maximum atomic E-state index is 2.58. The third kappa shape index (κ3) is 11.7. The van der Waals surface area contributed by atoms with Crippen LogP contribution in [-0.2, 0) is 25.7 Å². The molecule has 56 heavy (non-hydrogen) atoms. The van der Waals surface area contributed by atoms with Crippen molar-refractivity contribution < 1.29 is 0 Å². The molecule has 0 atom stereocenters. The maximum Gasteiger partial charge on any atom is 0.0481 e. The summed E-state index contributed by atoms with van der Waals surface area (Å²) in [5.41, 5.74) is 6.28. The first-order chi connectivity index (χ1) is 27.4. The van der Waals surface area contributed by atoms with E-state index >= 15 is 0 Å². The van der Waals surface area contributed by atoms with Gasteiger partial charge in [0.1, 0.15) is 0 Å². The van der Waals surface area contributed by atoms with Gasteiger partial charge in [0.25, 0.3) is 0 Å². The van der Waals surface area contributed by atoms with Gasteiger partial charge in [0.15, 0.2) is 0 Å². The van der Waals surface area contributed by atoms with Gasteiger partial charge in [0.05, 0.1) is 0 Å². The molecule has 302 valence electrons. The standard InChI is InChI=1S/C50H66S6/c1-7-11-15-19-23-37-31-35(5)51-49(37)45-33-39(25-21-17-13-9-3)47(55-45)43-29-27-41(53-43)42-28-30-44(54-42)48-40(26-22-18-14-10-4)34-46(56-48)50-38(32-36(6)52-50)24-20-16-12-8-2/h27-34H,7-26H2,1-6H3. The maximum absolute atomic E-state index is 2.58. The van der Waals surface area contributed by atoms with Gasteiger partial charge in [-0.25, -0.2) is 0 Å². The molecule has 0 unspecified atom stereocenters. The van der Waals surface area contributed by atoms with Crippen molar-refractivity contribution in [2.75, 3.05) is 0 Å². The Morgan fingerprint density at radius 2 is 0.607 bits per heavy atom. The molecule has 0 aliphatic carbocycles. The van der Waals surface area contributed by atoms with Crippen LogP contribution < -0.4 is 0 Å². The molecule has 6 heterocycles. The molecule has 0 saturated heterocycles. The van der Waals surface area contributed by atoms with Crippen LogP contribution in [0.15, 0.2) is 48.5 Å². The van der Waals surface area contributed by atoms with Crippen LogP contribution in [-0.4, -0.2) is 0 Å². The molecule has 0 aliphatic heterocycles. The minimum atomic E-state index is 1.18. The van der Waals surface area contributed by atoms with Gasteiger partial charge in [-0.2, -0.15) is 0 Å². The van der Waals surface area contributed by atoms with E-state index < -0.39 is 0 Å². The van der Waals surface area contributed by atoms with Crippen molar-refractivity contribution in [1.82, 2.24) is 0 Å². The first-order valence-corrected chi connectivity index (χ1v) is 27.0. The molecular weight excluding hydrogens is 793 g/mol. The molecule has 0 radical (unpaired) electrons. The van der Waals surface area contributed by atoms with E-state index in [0.29, 0.717) is 0 Å². The Hall–Kier alpha value is -1.80. The van der Waals surface area contributed by atoms with Gasteiger partial charge in [-0.1, -0.05) is 105 Å². The van der Waals surface area contributed by atoms with Gasteiger partial charge < -0.3 is 0 Å². The molecule has 0 aromatic carbocycles. The molecule has 0 aliphatic rings. The number of unbranched alkanes of at least 4 members (excludes halogenated alkanes) is 12. The smallest absolute Gasteiger partial charge is 0.0481 e. The normalized spacial score (nSPS) is 11.8. The lowest BCUT2D eigenvalue weighted by atomic mass is 10.0. The zero-order valence-corrected chi connectivity index (χ0v) is 40.1. The Labute approximate surface area is 364 Å². The fourth-order valence-electron chi connectivity index (χ4n) is 7.95. The van der Waals surface area contributed by atoms with Crippen molar-refractivity contribution in [3.05, 3.63) is 80.5 Å². The summed E-state index contributed by atoms with van der Waals surface area (Å²) in [7, 11) is 0. The van der Waals surface area contributed by atoms with E-state index in [1.165, 1.54) is 187 Å². The Balaban J connectivity index is 1.28. The summed E-state index contributed by atoms with van der Waals surface area (Å²) in [5, 5.41) is 0. The number of thiophene rings is 6. The van der Waals surface area contributed by atoms with Crippen LogP contribution in [0.5, 0.6) is 0 Å². The Kier molecular flexibility index (Phi) is 17.6. The number of hydrogen-bond acceptors (Lipinski definition) is 6. The van der Waals surface area contributed by atoms with Gasteiger partial charge in [0.2, 0.25) is 0 Å². The van der Waals surface area contributed by atoms with E-state index in [-0.39, 0.29) is 0 Å². The third-order valence-electron chi connectivity index (χ3n) is 11.0. The molecule has 0 amide bonds. The zero-order chi connectivity index (χ0) is 39.3. The third-order valence-corrected chi connectivity index (χ3v) is 18.7. The minimum absolute atomic E-state index is 1.18. The lowest BCUT2D eigenvalue weighted by Crippen LogP contribution is -1.86. The number of aryl methyl sites for hydroxylation is 6. The summed E-state index contributed by atoms with van der Waals surface area (Å²) in [6.07, 6.45) is 25.8. The summed E-state index contributed by atoms with van der Waals surface area (Å²) in [6, 6.07) is 19.8. The average molecular weight is 859 g/mol. The van der Waals surface area contributed by atoms with Gasteiger partial charge in [-0.3, -0.25) is 0 Å². The topological polar surface area (TPSA) is 0 Å². The molecule has 0 spiro atoms. The molecule has 6 aromatic heterocycles. The SMILES string of the molecule is CCCCCCc1cc(C)sc1-c1cc(CCCCCC)c(-c2ccc(-c3ccc(-c4sc(-c5sc(C)cc5CCCCCC)cc4CCCCCC)s3)s2)s1. The molecule has 0 bridgehead atoms. The van der Waals surface area contributed by atoms with E-state index in [2.05, 4.69) is 113 Å². The van der Waals surface area contributed by atoms with Crippen LogP contribution >= 0.6 is 68.0 Å². The average Bonchev–Trinajstić information content (AvgIpc) is 4.05. The second-order valence-corrected chi connectivity index (χ2v) is 22.7. The Morgan fingerprint density at radius 3 is 0.946 bits per heavy atom. The fourth-order valence-corrected chi connectivity index (χ4v) is 15.2. The monoisotopic (exact) mass is 858 g/mol. The zero-order valence-electron chi connectivity index (χ0n) is 35.2. The van der Waals surface area contributed by atoms with E-state index in [0.717, 1.165) is 0 Å². The van der Waals surface area contributed by atoms with Crippen LogP contribution in [0, 0.1) is 13.8 Å². The lowest BCUT2D eigenvalue weighted by Gasteiger charge is -2.02. The summed E-state index contributed by atoms with van der Waals surface area (Å²) < 4.78 is 0. The molecular formula is C50H66S6. The summed E-state index contributed by atoms with van der Waals surface area (Å²) in [6.45, 7) is 13.9. The second kappa shape index (κ2) is 22.5. The number of hydrogen-bond donors (Lipinski definition) is 0. The lowest BCUT2D eigenvalue weighted by molar-refractivity contribution is 0.667. The van der Waals surface area contributed by atoms with Crippen molar-refractivity contribution in [3.63, 3.8) is 0 Å². The minimum Gasteiger partial charge on any atom is -0.139 e. The van der Waals surface area contributed by atoms with E-state index in [1.54, 1.807) is 22.3 Å². The first kappa shape index (κ1) is 43.8. The van der Waals surface area contributed by atoms with Crippen molar-refractivity contribution in [1.29, 1.82) is 0 Å². The predicted octanol–water partition coefficient (Wildman–Crippen LogP) is 19.5. The van der Waals surface area contributed by atoms with Crippen LogP contribution in [0.3, 0.4) is 0 Å². The Morgan fingerprint density at radius 1 is 0.304 bits per heavy atom. The molecule has 0 saturated carbocycles. The van der Waals surface area contributed by atoms with Crippen LogP contribution in [0.1, 0.15) is 162 Å². The van der Waals surface area contributed by atoms with E-state index in [9.17, 15) is 0 Å². The second-order valence-electron chi connectivity index (χ2n) is 15.9. The molecule has 0 nitrogen and oxygen atoms in total. The molecule has 0 fully saturated rings. The van der Waals surface area contributed by atoms with Crippen LogP contribution in [0.25, 0.3) is 48.8 Å². The predicted molar refractivity (Wildman–Crippen MR) is 262 cm³/mol. The van der Waals surface area contributed by atoms with Gasteiger partial charge in [-0.05, 0) is 136 Å². The van der Waals surface area contributed by atoms with Crippen molar-refractivity contribution in [2.45, 2.75) is 170 Å².